The highest BCUT2D eigenvalue weighted by Crippen LogP contribution is 2.11. The van der Waals surface area contributed by atoms with Gasteiger partial charge in [-0.1, -0.05) is 50.6 Å². The number of rotatable bonds is 15. The van der Waals surface area contributed by atoms with E-state index < -0.39 is 42.5 Å². The molecular weight excluding hydrogens is 444 g/mol. The Bertz CT molecular complexity index is 750. The molecule has 2 amide bonds. The molecule has 33 heavy (non-hydrogen) atoms. The van der Waals surface area contributed by atoms with Crippen molar-refractivity contribution in [3.8, 4) is 0 Å². The first-order chi connectivity index (χ1) is 15.6. The number of aliphatic carboxylic acids is 1. The van der Waals surface area contributed by atoms with Gasteiger partial charge in [0.1, 0.15) is 6.04 Å². The zero-order valence-electron chi connectivity index (χ0n) is 19.5. The van der Waals surface area contributed by atoms with Crippen LogP contribution >= 0.6 is 12.6 Å². The molecule has 186 valence electrons. The molecule has 1 rings (SSSR count). The van der Waals surface area contributed by atoms with E-state index >= 15 is 0 Å². The molecule has 0 fully saturated rings. The molecule has 10 heteroatoms. The van der Waals surface area contributed by atoms with E-state index in [0.717, 1.165) is 12.0 Å². The summed E-state index contributed by atoms with van der Waals surface area (Å²) in [6, 6.07) is 6.45. The standard InChI is InChI=1S/C23H38N4O5S/c1-4-14(2)21(25-12-17(24)13-33)23(32)27-19(10-16-8-6-5-7-9-16)22(31)26-18(15(3)28)11-20(29)30/h5-9,14-15,17-19,21,25,28,33H,4,10-13,24H2,1-3H3,(H,26,31)(H,27,32)(H,29,30)/t14-,15?,17+,18-,19-,21-/m0/s1. The van der Waals surface area contributed by atoms with Crippen molar-refractivity contribution < 1.29 is 24.6 Å². The maximum Gasteiger partial charge on any atom is 0.305 e. The highest BCUT2D eigenvalue weighted by molar-refractivity contribution is 7.80. The van der Waals surface area contributed by atoms with Crippen LogP contribution in [0.5, 0.6) is 0 Å². The van der Waals surface area contributed by atoms with E-state index in [4.69, 9.17) is 10.8 Å². The lowest BCUT2D eigenvalue weighted by Crippen LogP contribution is -2.58. The Morgan fingerprint density at radius 2 is 1.73 bits per heavy atom. The summed E-state index contributed by atoms with van der Waals surface area (Å²) in [4.78, 5) is 37.4. The first kappa shape index (κ1) is 28.9. The molecule has 0 aliphatic rings. The van der Waals surface area contributed by atoms with Crippen LogP contribution in [0, 0.1) is 5.92 Å². The van der Waals surface area contributed by atoms with E-state index in [1.807, 2.05) is 44.2 Å². The third-order valence-electron chi connectivity index (χ3n) is 5.55. The molecule has 6 atom stereocenters. The van der Waals surface area contributed by atoms with Gasteiger partial charge in [0.2, 0.25) is 11.8 Å². The summed E-state index contributed by atoms with van der Waals surface area (Å²) < 4.78 is 0. The van der Waals surface area contributed by atoms with E-state index in [2.05, 4.69) is 28.6 Å². The fourth-order valence-electron chi connectivity index (χ4n) is 3.27. The number of nitrogens with one attached hydrogen (secondary N) is 3. The van der Waals surface area contributed by atoms with Gasteiger partial charge >= 0.3 is 5.97 Å². The Morgan fingerprint density at radius 3 is 2.24 bits per heavy atom. The summed E-state index contributed by atoms with van der Waals surface area (Å²) in [5, 5.41) is 27.6. The third-order valence-corrected chi connectivity index (χ3v) is 6.02. The number of aliphatic hydroxyl groups excluding tert-OH is 1. The monoisotopic (exact) mass is 482 g/mol. The molecule has 0 saturated heterocycles. The van der Waals surface area contributed by atoms with Crippen molar-refractivity contribution in [3.05, 3.63) is 35.9 Å². The van der Waals surface area contributed by atoms with E-state index in [1.165, 1.54) is 6.92 Å². The van der Waals surface area contributed by atoms with E-state index in [9.17, 15) is 19.5 Å². The topological polar surface area (TPSA) is 154 Å². The predicted molar refractivity (Wildman–Crippen MR) is 131 cm³/mol. The van der Waals surface area contributed by atoms with Gasteiger partial charge in [-0.25, -0.2) is 0 Å². The second kappa shape index (κ2) is 14.9. The first-order valence-electron chi connectivity index (χ1n) is 11.2. The van der Waals surface area contributed by atoms with E-state index in [-0.39, 0.29) is 24.3 Å². The normalized spacial score (nSPS) is 16.7. The minimum atomic E-state index is -1.15. The number of amides is 2. The maximum atomic E-state index is 13.2. The number of nitrogens with two attached hydrogens (primary N) is 1. The first-order valence-corrected chi connectivity index (χ1v) is 11.9. The van der Waals surface area contributed by atoms with Crippen LogP contribution in [0.2, 0.25) is 0 Å². The number of carbonyl (C=O) groups is 3. The summed E-state index contributed by atoms with van der Waals surface area (Å²) in [5.74, 6) is -1.61. The van der Waals surface area contributed by atoms with Gasteiger partial charge < -0.3 is 31.9 Å². The SMILES string of the molecule is CC[C@H](C)[C@H](NC[C@@H](N)CS)C(=O)N[C@@H](Cc1ccccc1)C(=O)N[C@@H](CC(=O)O)C(C)O. The molecule has 1 unspecified atom stereocenters. The molecule has 0 aliphatic carbocycles. The Balaban J connectivity index is 3.07. The summed E-state index contributed by atoms with van der Waals surface area (Å²) in [5.41, 5.74) is 6.76. The number of aliphatic hydroxyl groups is 1. The van der Waals surface area contributed by atoms with Gasteiger partial charge in [0.15, 0.2) is 0 Å². The van der Waals surface area contributed by atoms with Gasteiger partial charge in [-0.15, -0.1) is 0 Å². The Hall–Kier alpha value is -2.14. The molecule has 0 radical (unpaired) electrons. The van der Waals surface area contributed by atoms with E-state index in [0.29, 0.717) is 12.3 Å². The fraction of sp³-hybridized carbons (Fsp3) is 0.609. The lowest BCUT2D eigenvalue weighted by molar-refractivity contribution is -0.139. The highest BCUT2D eigenvalue weighted by Gasteiger charge is 2.31. The van der Waals surface area contributed by atoms with Crippen LogP contribution in [-0.2, 0) is 20.8 Å². The average Bonchev–Trinajstić information content (AvgIpc) is 2.78. The van der Waals surface area contributed by atoms with Crippen molar-refractivity contribution in [1.29, 1.82) is 0 Å². The minimum absolute atomic E-state index is 0.0187. The van der Waals surface area contributed by atoms with Crippen molar-refractivity contribution in [2.45, 2.75) is 70.3 Å². The molecule has 0 aliphatic heterocycles. The Kier molecular flexibility index (Phi) is 13.0. The highest BCUT2D eigenvalue weighted by atomic mass is 32.1. The van der Waals surface area contributed by atoms with Crippen molar-refractivity contribution in [3.63, 3.8) is 0 Å². The Labute approximate surface area is 201 Å². The van der Waals surface area contributed by atoms with Crippen LogP contribution < -0.4 is 21.7 Å². The molecule has 7 N–H and O–H groups in total. The summed E-state index contributed by atoms with van der Waals surface area (Å²) in [6.07, 6.45) is -0.565. The molecular formula is C23H38N4O5S. The number of carbonyl (C=O) groups excluding carboxylic acids is 2. The fourth-order valence-corrected chi connectivity index (χ4v) is 3.39. The van der Waals surface area contributed by atoms with Gasteiger partial charge in [0, 0.05) is 24.8 Å². The molecule has 0 heterocycles. The quantitative estimate of drug-likeness (QED) is 0.178. The molecule has 0 bridgehead atoms. The van der Waals surface area contributed by atoms with Gasteiger partial charge in [-0.05, 0) is 18.4 Å². The molecule has 1 aromatic carbocycles. The number of thiol groups is 1. The molecule has 1 aromatic rings. The van der Waals surface area contributed by atoms with Crippen molar-refractivity contribution in [1.82, 2.24) is 16.0 Å². The molecule has 0 aromatic heterocycles. The smallest absolute Gasteiger partial charge is 0.305 e. The van der Waals surface area contributed by atoms with E-state index in [1.54, 1.807) is 0 Å². The number of carboxylic acid groups (broad SMARTS) is 1. The number of carboxylic acids is 1. The van der Waals surface area contributed by atoms with Crippen LogP contribution in [0.1, 0.15) is 39.2 Å². The van der Waals surface area contributed by atoms with Crippen LogP contribution in [-0.4, -0.2) is 70.6 Å². The van der Waals surface area contributed by atoms with Gasteiger partial charge in [0.05, 0.1) is 24.6 Å². The minimum Gasteiger partial charge on any atom is -0.481 e. The molecule has 0 spiro atoms. The lowest BCUT2D eigenvalue weighted by atomic mass is 9.96. The van der Waals surface area contributed by atoms with Crippen LogP contribution in [0.15, 0.2) is 30.3 Å². The molecule has 0 saturated carbocycles. The summed E-state index contributed by atoms with van der Waals surface area (Å²) in [6.45, 7) is 5.71. The Morgan fingerprint density at radius 1 is 1.09 bits per heavy atom. The number of hydrogen-bond acceptors (Lipinski definition) is 7. The van der Waals surface area contributed by atoms with Crippen molar-refractivity contribution >= 4 is 30.4 Å². The second-order valence-corrected chi connectivity index (χ2v) is 8.78. The van der Waals surface area contributed by atoms with Crippen molar-refractivity contribution in [2.24, 2.45) is 11.7 Å². The zero-order chi connectivity index (χ0) is 25.0. The third kappa shape index (κ3) is 10.6. The zero-order valence-corrected chi connectivity index (χ0v) is 20.4. The largest absolute Gasteiger partial charge is 0.481 e. The van der Waals surface area contributed by atoms with Gasteiger partial charge in [-0.2, -0.15) is 12.6 Å². The number of hydrogen-bond donors (Lipinski definition) is 7. The maximum absolute atomic E-state index is 13.2. The van der Waals surface area contributed by atoms with Crippen LogP contribution in [0.4, 0.5) is 0 Å². The molecule has 9 nitrogen and oxygen atoms in total. The summed E-state index contributed by atoms with van der Waals surface area (Å²) in [7, 11) is 0. The van der Waals surface area contributed by atoms with Gasteiger partial charge in [0.25, 0.3) is 0 Å². The average molecular weight is 483 g/mol. The summed E-state index contributed by atoms with van der Waals surface area (Å²) >= 11 is 4.17. The number of benzene rings is 1. The van der Waals surface area contributed by atoms with Gasteiger partial charge in [-0.3, -0.25) is 14.4 Å². The van der Waals surface area contributed by atoms with Crippen molar-refractivity contribution in [2.75, 3.05) is 12.3 Å². The predicted octanol–water partition coefficient (Wildman–Crippen LogP) is 0.316. The second-order valence-electron chi connectivity index (χ2n) is 8.42. The van der Waals surface area contributed by atoms with Crippen LogP contribution in [0.3, 0.4) is 0 Å². The van der Waals surface area contributed by atoms with Crippen LogP contribution in [0.25, 0.3) is 0 Å². The lowest BCUT2D eigenvalue weighted by Gasteiger charge is -2.28.